The zero-order valence-corrected chi connectivity index (χ0v) is 18.8. The van der Waals surface area contributed by atoms with Crippen LogP contribution in [0.15, 0.2) is 22.9 Å². The number of amides is 2. The van der Waals surface area contributed by atoms with Crippen molar-refractivity contribution in [2.45, 2.75) is 32.1 Å². The summed E-state index contributed by atoms with van der Waals surface area (Å²) >= 11 is 0. The van der Waals surface area contributed by atoms with Gasteiger partial charge in [0.05, 0.1) is 24.5 Å². The summed E-state index contributed by atoms with van der Waals surface area (Å²) in [7, 11) is 0. The van der Waals surface area contributed by atoms with Crippen molar-refractivity contribution in [3.8, 4) is 0 Å². The van der Waals surface area contributed by atoms with E-state index in [4.69, 9.17) is 9.26 Å². The van der Waals surface area contributed by atoms with Crippen LogP contribution < -0.4 is 9.80 Å². The number of carbonyl (C=O) groups is 2. The van der Waals surface area contributed by atoms with E-state index >= 15 is 0 Å². The molecular formula is C23H28N6O4. The molecule has 2 amide bonds. The van der Waals surface area contributed by atoms with E-state index in [1.54, 1.807) is 11.1 Å². The predicted molar refractivity (Wildman–Crippen MR) is 118 cm³/mol. The summed E-state index contributed by atoms with van der Waals surface area (Å²) in [5.74, 6) is 1.79. The van der Waals surface area contributed by atoms with Gasteiger partial charge in [0, 0.05) is 51.3 Å². The maximum atomic E-state index is 13.1. The van der Waals surface area contributed by atoms with Gasteiger partial charge in [0.2, 0.25) is 17.7 Å². The Balaban J connectivity index is 1.02. The molecule has 0 radical (unpaired) electrons. The Hall–Kier alpha value is -3.01. The molecule has 4 aliphatic heterocycles. The van der Waals surface area contributed by atoms with Crippen molar-refractivity contribution in [1.29, 1.82) is 0 Å². The van der Waals surface area contributed by atoms with Crippen molar-refractivity contribution in [2.24, 2.45) is 11.3 Å². The van der Waals surface area contributed by atoms with E-state index in [2.05, 4.69) is 20.0 Å². The number of likely N-dealkylation sites (tertiary alicyclic amines) is 1. The van der Waals surface area contributed by atoms with E-state index in [1.165, 1.54) is 0 Å². The highest BCUT2D eigenvalue weighted by Gasteiger charge is 2.50. The summed E-state index contributed by atoms with van der Waals surface area (Å²) in [5.41, 5.74) is 1.34. The Labute approximate surface area is 191 Å². The molecule has 4 fully saturated rings. The molecule has 4 aliphatic rings. The molecule has 1 spiro atoms. The van der Waals surface area contributed by atoms with Crippen LogP contribution in [-0.4, -0.2) is 77.8 Å². The fraction of sp³-hybridized carbons (Fsp3) is 0.609. The van der Waals surface area contributed by atoms with Crippen molar-refractivity contribution < 1.29 is 18.8 Å². The third kappa shape index (κ3) is 3.66. The number of piperidine rings is 1. The Morgan fingerprint density at radius 3 is 2.64 bits per heavy atom. The van der Waals surface area contributed by atoms with Gasteiger partial charge in [-0.25, -0.2) is 4.98 Å². The molecule has 1 unspecified atom stereocenters. The van der Waals surface area contributed by atoms with E-state index in [9.17, 15) is 9.59 Å². The number of carbonyl (C=O) groups excluding carboxylic acids is 2. The summed E-state index contributed by atoms with van der Waals surface area (Å²) in [5, 5.41) is 4.17. The minimum absolute atomic E-state index is 0.0424. The molecule has 6 rings (SSSR count). The first kappa shape index (κ1) is 20.6. The van der Waals surface area contributed by atoms with Gasteiger partial charge in [-0.15, -0.1) is 0 Å². The van der Waals surface area contributed by atoms with Crippen LogP contribution >= 0.6 is 0 Å². The summed E-state index contributed by atoms with van der Waals surface area (Å²) in [6.07, 6.45) is 3.56. The standard InChI is InChI=1S/C23H28N6O4/c1-15-2-3-18(24-9-15)29-10-17(8-19(29)30)21(31)27-6-4-16(5-7-27)20-25-22(26-33-20)28-11-23(12-28)13-32-14-23/h2-3,9,16-17H,4-8,10-14H2,1H3. The van der Waals surface area contributed by atoms with Crippen LogP contribution in [0.3, 0.4) is 0 Å². The van der Waals surface area contributed by atoms with Gasteiger partial charge in [-0.1, -0.05) is 6.07 Å². The molecule has 0 aliphatic carbocycles. The molecule has 0 N–H and O–H groups in total. The van der Waals surface area contributed by atoms with Gasteiger partial charge in [0.15, 0.2) is 0 Å². The molecule has 0 aromatic carbocycles. The Morgan fingerprint density at radius 2 is 1.97 bits per heavy atom. The number of aryl methyl sites for hydroxylation is 1. The monoisotopic (exact) mass is 452 g/mol. The number of anilines is 2. The van der Waals surface area contributed by atoms with Crippen LogP contribution in [0, 0.1) is 18.3 Å². The van der Waals surface area contributed by atoms with Crippen molar-refractivity contribution in [3.63, 3.8) is 0 Å². The van der Waals surface area contributed by atoms with E-state index < -0.39 is 0 Å². The summed E-state index contributed by atoms with van der Waals surface area (Å²) in [4.78, 5) is 40.3. The SMILES string of the molecule is Cc1ccc(N2CC(C(=O)N3CCC(c4nc(N5CC6(COC6)C5)no4)CC3)CC2=O)nc1. The average Bonchev–Trinajstić information content (AvgIpc) is 3.39. The van der Waals surface area contributed by atoms with Gasteiger partial charge in [-0.2, -0.15) is 4.98 Å². The molecule has 2 aromatic heterocycles. The van der Waals surface area contributed by atoms with E-state index in [0.29, 0.717) is 42.7 Å². The fourth-order valence-electron chi connectivity index (χ4n) is 5.32. The lowest BCUT2D eigenvalue weighted by Gasteiger charge is -2.54. The molecule has 10 heteroatoms. The minimum Gasteiger partial charge on any atom is -0.380 e. The van der Waals surface area contributed by atoms with E-state index in [-0.39, 0.29) is 30.1 Å². The third-order valence-electron chi connectivity index (χ3n) is 7.39. The second kappa shape index (κ2) is 7.79. The topological polar surface area (TPSA) is 105 Å². The minimum atomic E-state index is -0.318. The van der Waals surface area contributed by atoms with Gasteiger partial charge in [0.1, 0.15) is 5.82 Å². The van der Waals surface area contributed by atoms with Crippen LogP contribution in [0.2, 0.25) is 0 Å². The normalized spacial score (nSPS) is 24.8. The van der Waals surface area contributed by atoms with Crippen molar-refractivity contribution >= 4 is 23.6 Å². The predicted octanol–water partition coefficient (Wildman–Crippen LogP) is 1.37. The van der Waals surface area contributed by atoms with Crippen molar-refractivity contribution in [3.05, 3.63) is 29.8 Å². The highest BCUT2D eigenvalue weighted by atomic mass is 16.5. The van der Waals surface area contributed by atoms with Gasteiger partial charge in [-0.05, 0) is 36.6 Å². The Bertz CT molecular complexity index is 1050. The van der Waals surface area contributed by atoms with E-state index in [0.717, 1.165) is 44.7 Å². The molecular weight excluding hydrogens is 424 g/mol. The second-order valence-electron chi connectivity index (χ2n) is 9.98. The maximum Gasteiger partial charge on any atom is 0.266 e. The van der Waals surface area contributed by atoms with Crippen molar-refractivity contribution in [1.82, 2.24) is 20.0 Å². The van der Waals surface area contributed by atoms with Gasteiger partial charge in [0.25, 0.3) is 5.95 Å². The summed E-state index contributed by atoms with van der Waals surface area (Å²) in [6.45, 7) is 7.13. The van der Waals surface area contributed by atoms with Gasteiger partial charge in [-0.3, -0.25) is 14.5 Å². The number of rotatable bonds is 4. The van der Waals surface area contributed by atoms with Crippen molar-refractivity contribution in [2.75, 3.05) is 55.7 Å². The number of hydrogen-bond donors (Lipinski definition) is 0. The summed E-state index contributed by atoms with van der Waals surface area (Å²) < 4.78 is 10.9. The first-order valence-electron chi connectivity index (χ1n) is 11.7. The number of nitrogens with zero attached hydrogens (tertiary/aromatic N) is 6. The summed E-state index contributed by atoms with van der Waals surface area (Å²) in [6, 6.07) is 3.77. The van der Waals surface area contributed by atoms with Crippen LogP contribution in [0.5, 0.6) is 0 Å². The number of ether oxygens (including phenoxy) is 1. The largest absolute Gasteiger partial charge is 0.380 e. The third-order valence-corrected chi connectivity index (χ3v) is 7.39. The smallest absolute Gasteiger partial charge is 0.266 e. The molecule has 4 saturated heterocycles. The van der Waals surface area contributed by atoms with Crippen LogP contribution in [-0.2, 0) is 14.3 Å². The lowest BCUT2D eigenvalue weighted by molar-refractivity contribution is -0.136. The Kier molecular flexibility index (Phi) is 4.86. The first-order chi connectivity index (χ1) is 16.0. The molecule has 1 atom stereocenters. The number of aromatic nitrogens is 3. The molecule has 33 heavy (non-hydrogen) atoms. The lowest BCUT2D eigenvalue weighted by atomic mass is 9.78. The van der Waals surface area contributed by atoms with Crippen LogP contribution in [0.4, 0.5) is 11.8 Å². The molecule has 0 bridgehead atoms. The first-order valence-corrected chi connectivity index (χ1v) is 11.7. The number of pyridine rings is 1. The molecule has 10 nitrogen and oxygen atoms in total. The second-order valence-corrected chi connectivity index (χ2v) is 9.98. The van der Waals surface area contributed by atoms with Crippen LogP contribution in [0.1, 0.15) is 36.6 Å². The highest BCUT2D eigenvalue weighted by Crippen LogP contribution is 2.40. The van der Waals surface area contributed by atoms with Crippen LogP contribution in [0.25, 0.3) is 0 Å². The number of hydrogen-bond acceptors (Lipinski definition) is 8. The van der Waals surface area contributed by atoms with Gasteiger partial charge < -0.3 is 19.1 Å². The van der Waals surface area contributed by atoms with E-state index in [1.807, 2.05) is 24.0 Å². The average molecular weight is 453 g/mol. The lowest BCUT2D eigenvalue weighted by Crippen LogP contribution is -2.66. The highest BCUT2D eigenvalue weighted by molar-refractivity contribution is 5.99. The maximum absolute atomic E-state index is 13.1. The van der Waals surface area contributed by atoms with Gasteiger partial charge >= 0.3 is 0 Å². The quantitative estimate of drug-likeness (QED) is 0.685. The molecule has 6 heterocycles. The molecule has 174 valence electrons. The fourth-order valence-corrected chi connectivity index (χ4v) is 5.32. The zero-order valence-electron chi connectivity index (χ0n) is 18.8. The molecule has 0 saturated carbocycles. The Morgan fingerprint density at radius 1 is 1.18 bits per heavy atom. The molecule has 2 aromatic rings. The zero-order chi connectivity index (χ0) is 22.6.